The minimum atomic E-state index is -0.0978. The van der Waals surface area contributed by atoms with E-state index in [2.05, 4.69) is 4.90 Å². The van der Waals surface area contributed by atoms with E-state index in [-0.39, 0.29) is 18.4 Å². The molecule has 3 heteroatoms. The number of benzene rings is 3. The summed E-state index contributed by atoms with van der Waals surface area (Å²) in [7, 11) is 0. The highest BCUT2D eigenvalue weighted by molar-refractivity contribution is 5.64. The number of phenolic OH excluding ortho intramolecular Hbond substituents is 1. The Morgan fingerprint density at radius 2 is 1.21 bits per heavy atom. The third-order valence-corrected chi connectivity index (χ3v) is 4.05. The molecule has 0 saturated carbocycles. The number of hydrogen-bond donors (Lipinski definition) is 2. The van der Waals surface area contributed by atoms with E-state index in [1.165, 1.54) is 0 Å². The second kappa shape index (κ2) is 7.66. The Labute approximate surface area is 142 Å². The van der Waals surface area contributed by atoms with E-state index in [1.54, 1.807) is 12.1 Å². The van der Waals surface area contributed by atoms with Crippen molar-refractivity contribution in [2.75, 3.05) is 11.5 Å². The van der Waals surface area contributed by atoms with Crippen LogP contribution in [0.5, 0.6) is 5.75 Å². The Bertz CT molecular complexity index is 702. The van der Waals surface area contributed by atoms with Crippen molar-refractivity contribution in [1.82, 2.24) is 0 Å². The SMILES string of the molecule is OC[C@H](Cc1ccc(O)cc1)N(c1ccccc1)c1ccccc1. The Hall–Kier alpha value is -2.78. The maximum absolute atomic E-state index is 10.0. The Balaban J connectivity index is 1.95. The minimum Gasteiger partial charge on any atom is -0.508 e. The van der Waals surface area contributed by atoms with Gasteiger partial charge >= 0.3 is 0 Å². The van der Waals surface area contributed by atoms with Gasteiger partial charge in [-0.3, -0.25) is 0 Å². The van der Waals surface area contributed by atoms with Crippen LogP contribution in [0.1, 0.15) is 5.56 Å². The van der Waals surface area contributed by atoms with E-state index in [9.17, 15) is 10.2 Å². The average Bonchev–Trinajstić information content (AvgIpc) is 2.64. The molecule has 0 unspecified atom stereocenters. The van der Waals surface area contributed by atoms with Gasteiger partial charge in [0.25, 0.3) is 0 Å². The van der Waals surface area contributed by atoms with E-state index in [4.69, 9.17) is 0 Å². The lowest BCUT2D eigenvalue weighted by molar-refractivity contribution is 0.264. The van der Waals surface area contributed by atoms with Gasteiger partial charge in [0.2, 0.25) is 0 Å². The molecule has 0 aromatic heterocycles. The number of para-hydroxylation sites is 2. The van der Waals surface area contributed by atoms with Crippen LogP contribution in [0.25, 0.3) is 0 Å². The van der Waals surface area contributed by atoms with Crippen molar-refractivity contribution in [2.45, 2.75) is 12.5 Å². The lowest BCUT2D eigenvalue weighted by Crippen LogP contribution is -2.36. The third-order valence-electron chi connectivity index (χ3n) is 4.05. The van der Waals surface area contributed by atoms with E-state index in [0.717, 1.165) is 16.9 Å². The van der Waals surface area contributed by atoms with Gasteiger partial charge in [0.05, 0.1) is 12.6 Å². The number of nitrogens with zero attached hydrogens (tertiary/aromatic N) is 1. The summed E-state index contributed by atoms with van der Waals surface area (Å²) in [5, 5.41) is 19.5. The molecule has 0 aliphatic carbocycles. The molecule has 2 N–H and O–H groups in total. The molecule has 3 aromatic rings. The van der Waals surface area contributed by atoms with Crippen molar-refractivity contribution in [1.29, 1.82) is 0 Å². The van der Waals surface area contributed by atoms with Crippen LogP contribution in [-0.2, 0) is 6.42 Å². The van der Waals surface area contributed by atoms with Gasteiger partial charge in [0.15, 0.2) is 0 Å². The van der Waals surface area contributed by atoms with Crippen molar-refractivity contribution < 1.29 is 10.2 Å². The first-order valence-electron chi connectivity index (χ1n) is 8.06. The van der Waals surface area contributed by atoms with Crippen LogP contribution in [0.15, 0.2) is 84.9 Å². The van der Waals surface area contributed by atoms with Gasteiger partial charge in [-0.25, -0.2) is 0 Å². The van der Waals surface area contributed by atoms with Crippen molar-refractivity contribution in [3.63, 3.8) is 0 Å². The molecule has 122 valence electrons. The molecule has 3 rings (SSSR count). The summed E-state index contributed by atoms with van der Waals surface area (Å²) in [6, 6.07) is 27.2. The lowest BCUT2D eigenvalue weighted by Gasteiger charge is -2.33. The summed E-state index contributed by atoms with van der Waals surface area (Å²) in [6.45, 7) is 0.0324. The van der Waals surface area contributed by atoms with Crippen molar-refractivity contribution in [3.8, 4) is 5.75 Å². The minimum absolute atomic E-state index is 0.0324. The molecule has 0 heterocycles. The zero-order chi connectivity index (χ0) is 16.8. The van der Waals surface area contributed by atoms with Gasteiger partial charge in [-0.05, 0) is 48.4 Å². The normalized spacial score (nSPS) is 11.9. The average molecular weight is 319 g/mol. The van der Waals surface area contributed by atoms with Crippen molar-refractivity contribution >= 4 is 11.4 Å². The van der Waals surface area contributed by atoms with E-state index < -0.39 is 0 Å². The molecule has 1 atom stereocenters. The second-order valence-corrected chi connectivity index (χ2v) is 5.75. The zero-order valence-electron chi connectivity index (χ0n) is 13.4. The zero-order valence-corrected chi connectivity index (χ0v) is 13.4. The standard InChI is InChI=1S/C21H21NO2/c23-16-20(15-17-11-13-21(24)14-12-17)22(18-7-3-1-4-8-18)19-9-5-2-6-10-19/h1-14,20,23-24H,15-16H2/t20-/m0/s1. The number of aliphatic hydroxyl groups is 1. The Kier molecular flexibility index (Phi) is 5.14. The van der Waals surface area contributed by atoms with Gasteiger partial charge in [-0.1, -0.05) is 48.5 Å². The summed E-state index contributed by atoms with van der Waals surface area (Å²) in [5.41, 5.74) is 3.16. The number of aromatic hydroxyl groups is 1. The van der Waals surface area contributed by atoms with Crippen LogP contribution >= 0.6 is 0 Å². The highest BCUT2D eigenvalue weighted by atomic mass is 16.3. The molecule has 3 nitrogen and oxygen atoms in total. The summed E-state index contributed by atoms with van der Waals surface area (Å²) in [6.07, 6.45) is 0.681. The molecule has 0 saturated heterocycles. The highest BCUT2D eigenvalue weighted by Crippen LogP contribution is 2.29. The fraction of sp³-hybridized carbons (Fsp3) is 0.143. The summed E-state index contributed by atoms with van der Waals surface area (Å²) in [4.78, 5) is 2.16. The molecular weight excluding hydrogens is 298 g/mol. The smallest absolute Gasteiger partial charge is 0.115 e. The van der Waals surface area contributed by atoms with Crippen LogP contribution in [0.2, 0.25) is 0 Å². The second-order valence-electron chi connectivity index (χ2n) is 5.75. The monoisotopic (exact) mass is 319 g/mol. The molecule has 0 radical (unpaired) electrons. The molecule has 0 fully saturated rings. The van der Waals surface area contributed by atoms with Crippen molar-refractivity contribution in [2.24, 2.45) is 0 Å². The van der Waals surface area contributed by atoms with Gasteiger partial charge in [0, 0.05) is 11.4 Å². The first-order chi connectivity index (χ1) is 11.8. The maximum atomic E-state index is 10.0. The molecule has 0 spiro atoms. The van der Waals surface area contributed by atoms with Crippen LogP contribution in [0.4, 0.5) is 11.4 Å². The first kappa shape index (κ1) is 16.1. The molecule has 0 aliphatic rings. The fourth-order valence-electron chi connectivity index (χ4n) is 2.89. The first-order valence-corrected chi connectivity index (χ1v) is 8.06. The Morgan fingerprint density at radius 1 is 0.708 bits per heavy atom. The van der Waals surface area contributed by atoms with Crippen LogP contribution in [0.3, 0.4) is 0 Å². The molecule has 24 heavy (non-hydrogen) atoms. The summed E-state index contributed by atoms with van der Waals surface area (Å²) >= 11 is 0. The summed E-state index contributed by atoms with van der Waals surface area (Å²) in [5.74, 6) is 0.252. The Morgan fingerprint density at radius 3 is 1.67 bits per heavy atom. The third kappa shape index (κ3) is 3.76. The fourth-order valence-corrected chi connectivity index (χ4v) is 2.89. The predicted molar refractivity (Wildman–Crippen MR) is 97.7 cm³/mol. The number of hydrogen-bond acceptors (Lipinski definition) is 3. The predicted octanol–water partition coefficient (Wildman–Crippen LogP) is 4.13. The number of anilines is 2. The summed E-state index contributed by atoms with van der Waals surface area (Å²) < 4.78 is 0. The largest absolute Gasteiger partial charge is 0.508 e. The topological polar surface area (TPSA) is 43.7 Å². The quantitative estimate of drug-likeness (QED) is 0.718. The lowest BCUT2D eigenvalue weighted by atomic mass is 10.0. The molecule has 0 bridgehead atoms. The maximum Gasteiger partial charge on any atom is 0.115 e. The van der Waals surface area contributed by atoms with Crippen LogP contribution < -0.4 is 4.90 Å². The van der Waals surface area contributed by atoms with Gasteiger partial charge in [0.1, 0.15) is 5.75 Å². The molecule has 0 amide bonds. The van der Waals surface area contributed by atoms with Gasteiger partial charge in [-0.2, -0.15) is 0 Å². The number of phenols is 1. The van der Waals surface area contributed by atoms with Crippen molar-refractivity contribution in [3.05, 3.63) is 90.5 Å². The number of rotatable bonds is 6. The van der Waals surface area contributed by atoms with Crippen LogP contribution in [0, 0.1) is 0 Å². The number of aliphatic hydroxyl groups excluding tert-OH is 1. The van der Waals surface area contributed by atoms with E-state index >= 15 is 0 Å². The van der Waals surface area contributed by atoms with E-state index in [0.29, 0.717) is 6.42 Å². The molecule has 0 aliphatic heterocycles. The van der Waals surface area contributed by atoms with Crippen LogP contribution in [-0.4, -0.2) is 22.9 Å². The molecule has 3 aromatic carbocycles. The van der Waals surface area contributed by atoms with Gasteiger partial charge < -0.3 is 15.1 Å². The highest BCUT2D eigenvalue weighted by Gasteiger charge is 2.20. The molecular formula is C21H21NO2. The van der Waals surface area contributed by atoms with Gasteiger partial charge in [-0.15, -0.1) is 0 Å². The van der Waals surface area contributed by atoms with E-state index in [1.807, 2.05) is 72.8 Å².